The number of sulfonamides is 1. The van der Waals surface area contributed by atoms with Crippen LogP contribution in [-0.4, -0.2) is 20.1 Å². The van der Waals surface area contributed by atoms with Gasteiger partial charge < -0.3 is 10.2 Å². The average Bonchev–Trinajstić information content (AvgIpc) is 3.07. The van der Waals surface area contributed by atoms with Crippen LogP contribution in [-0.2, 0) is 21.0 Å². The van der Waals surface area contributed by atoms with Crippen LogP contribution in [0.5, 0.6) is 0 Å². The normalized spacial score (nSPS) is 17.2. The molecule has 0 radical (unpaired) electrons. The topological polar surface area (TPSA) is 79.8 Å². The lowest BCUT2D eigenvalue weighted by Gasteiger charge is -2.18. The molecule has 0 bridgehead atoms. The Morgan fingerprint density at radius 3 is 2.57 bits per heavy atom. The largest absolute Gasteiger partial charge is 0.416 e. The lowest BCUT2D eigenvalue weighted by molar-refractivity contribution is -0.137. The van der Waals surface area contributed by atoms with Crippen molar-refractivity contribution in [1.82, 2.24) is 4.72 Å². The van der Waals surface area contributed by atoms with Crippen LogP contribution in [0.4, 0.5) is 24.5 Å². The maximum Gasteiger partial charge on any atom is 0.416 e. The summed E-state index contributed by atoms with van der Waals surface area (Å²) in [5.74, 6) is 0. The molecule has 150 valence electrons. The highest BCUT2D eigenvalue weighted by Crippen LogP contribution is 2.37. The Balaban J connectivity index is 2.01. The van der Waals surface area contributed by atoms with Gasteiger partial charge in [-0.05, 0) is 59.4 Å². The number of hydrogen-bond donors (Lipinski definition) is 2. The zero-order valence-corrected chi connectivity index (χ0v) is 16.8. The molecular weight excluding hydrogens is 463 g/mol. The second kappa shape index (κ2) is 7.72. The fourth-order valence-electron chi connectivity index (χ4n) is 2.65. The molecule has 0 amide bonds. The zero-order chi connectivity index (χ0) is 20.5. The summed E-state index contributed by atoms with van der Waals surface area (Å²) in [6.45, 7) is 0. The van der Waals surface area contributed by atoms with Crippen LogP contribution in [0.3, 0.4) is 0 Å². The first kappa shape index (κ1) is 20.6. The third kappa shape index (κ3) is 4.47. The van der Waals surface area contributed by atoms with Gasteiger partial charge in [-0.15, -0.1) is 0 Å². The van der Waals surface area contributed by atoms with E-state index >= 15 is 0 Å². The molecule has 1 heterocycles. The first-order chi connectivity index (χ1) is 13.1. The van der Waals surface area contributed by atoms with E-state index in [0.29, 0.717) is 22.3 Å². The summed E-state index contributed by atoms with van der Waals surface area (Å²) in [4.78, 5) is 5.32. The van der Waals surface area contributed by atoms with Crippen molar-refractivity contribution in [3.63, 3.8) is 0 Å². The molecule has 11 heteroatoms. The molecule has 28 heavy (non-hydrogen) atoms. The molecule has 1 unspecified atom stereocenters. The summed E-state index contributed by atoms with van der Waals surface area (Å²) in [7, 11) is -2.42. The van der Waals surface area contributed by atoms with Crippen molar-refractivity contribution in [3.8, 4) is 0 Å². The molecule has 1 aliphatic heterocycles. The highest BCUT2D eigenvalue weighted by Gasteiger charge is 2.31. The minimum Gasteiger partial charge on any atom is -0.386 e. The molecule has 2 N–H and O–H groups in total. The van der Waals surface area contributed by atoms with Crippen molar-refractivity contribution < 1.29 is 26.4 Å². The predicted molar refractivity (Wildman–Crippen MR) is 102 cm³/mol. The number of rotatable bonds is 5. The number of benzene rings is 2. The molecule has 0 aromatic heterocycles. The van der Waals surface area contributed by atoms with Crippen molar-refractivity contribution in [3.05, 3.63) is 53.6 Å². The second-order valence-corrected chi connectivity index (χ2v) is 8.73. The second-order valence-electron chi connectivity index (χ2n) is 5.93. The Labute approximate surface area is 167 Å². The maximum absolute atomic E-state index is 13.0. The molecule has 0 fully saturated rings. The smallest absolute Gasteiger partial charge is 0.386 e. The molecule has 2 aromatic carbocycles. The summed E-state index contributed by atoms with van der Waals surface area (Å²) < 4.78 is 65.9. The van der Waals surface area contributed by atoms with E-state index in [1.165, 1.54) is 37.4 Å². The number of oxime groups is 1. The van der Waals surface area contributed by atoms with Gasteiger partial charge in [0, 0.05) is 23.4 Å². The Hall–Kier alpha value is -2.11. The predicted octanol–water partition coefficient (Wildman–Crippen LogP) is 4.53. The molecule has 2 aromatic rings. The summed E-state index contributed by atoms with van der Waals surface area (Å²) in [5, 5.41) is 6.70. The van der Waals surface area contributed by atoms with E-state index < -0.39 is 27.9 Å². The molecule has 0 aliphatic carbocycles. The van der Waals surface area contributed by atoms with E-state index in [0.717, 1.165) is 12.1 Å². The van der Waals surface area contributed by atoms with Crippen LogP contribution >= 0.6 is 15.9 Å². The summed E-state index contributed by atoms with van der Waals surface area (Å²) >= 11 is 3.22. The number of hydrogen-bond acceptors (Lipinski definition) is 5. The van der Waals surface area contributed by atoms with Crippen LogP contribution < -0.4 is 10.0 Å². The lowest BCUT2D eigenvalue weighted by atomic mass is 10.0. The Bertz CT molecular complexity index is 1030. The minimum absolute atomic E-state index is 0.00575. The third-order valence-corrected chi connectivity index (χ3v) is 5.93. The molecule has 3 rings (SSSR count). The molecule has 0 saturated carbocycles. The fraction of sp³-hybridized carbons (Fsp3) is 0.235. The Morgan fingerprint density at radius 1 is 1.21 bits per heavy atom. The first-order valence-electron chi connectivity index (χ1n) is 8.00. The Morgan fingerprint density at radius 2 is 1.96 bits per heavy atom. The maximum atomic E-state index is 13.0. The van der Waals surface area contributed by atoms with Crippen molar-refractivity contribution >= 4 is 41.9 Å². The highest BCUT2D eigenvalue weighted by atomic mass is 79.9. The minimum atomic E-state index is -4.47. The van der Waals surface area contributed by atoms with E-state index in [1.807, 2.05) is 0 Å². The first-order valence-corrected chi connectivity index (χ1v) is 10.3. The van der Waals surface area contributed by atoms with Crippen LogP contribution in [0, 0.1) is 0 Å². The number of halogens is 4. The van der Waals surface area contributed by atoms with Crippen molar-refractivity contribution in [2.45, 2.75) is 23.6 Å². The molecular formula is C17H15BrF3N3O3S. The van der Waals surface area contributed by atoms with Gasteiger partial charge in [-0.3, -0.25) is 0 Å². The van der Waals surface area contributed by atoms with Gasteiger partial charge in [-0.2, -0.15) is 13.2 Å². The molecule has 0 spiro atoms. The third-order valence-electron chi connectivity index (χ3n) is 4.05. The van der Waals surface area contributed by atoms with Gasteiger partial charge in [-0.1, -0.05) is 11.2 Å². The van der Waals surface area contributed by atoms with E-state index in [1.54, 1.807) is 0 Å². The summed E-state index contributed by atoms with van der Waals surface area (Å²) in [6, 6.07) is 8.97. The molecule has 1 atom stereocenters. The monoisotopic (exact) mass is 477 g/mol. The molecule has 6 nitrogen and oxygen atoms in total. The van der Waals surface area contributed by atoms with Crippen LogP contribution in [0.1, 0.15) is 23.7 Å². The lowest BCUT2D eigenvalue weighted by Crippen LogP contribution is -2.19. The Kier molecular flexibility index (Phi) is 5.69. The average molecular weight is 478 g/mol. The van der Waals surface area contributed by atoms with Crippen molar-refractivity contribution in [2.75, 3.05) is 12.4 Å². The van der Waals surface area contributed by atoms with Gasteiger partial charge >= 0.3 is 6.18 Å². The van der Waals surface area contributed by atoms with E-state index in [9.17, 15) is 21.6 Å². The highest BCUT2D eigenvalue weighted by molar-refractivity contribution is 9.18. The standard InChI is InChI=1S/C17H15BrF3N3O3S/c1-22-28(25,26)12-5-6-14(13(8-12)15-9-16(18)24-27-15)23-11-4-2-3-10(7-11)17(19,20)21/h2-8,15,22-23H,9H2,1H3. The zero-order valence-electron chi connectivity index (χ0n) is 14.4. The van der Waals surface area contributed by atoms with Gasteiger partial charge in [0.2, 0.25) is 10.0 Å². The SMILES string of the molecule is CNS(=O)(=O)c1ccc(Nc2cccc(C(F)(F)F)c2)c(C2CC(Br)=NO2)c1. The van der Waals surface area contributed by atoms with Gasteiger partial charge in [0.1, 0.15) is 4.62 Å². The van der Waals surface area contributed by atoms with Crippen LogP contribution in [0.15, 0.2) is 52.5 Å². The fourth-order valence-corrected chi connectivity index (χ4v) is 3.79. The van der Waals surface area contributed by atoms with Gasteiger partial charge in [0.25, 0.3) is 0 Å². The van der Waals surface area contributed by atoms with Crippen molar-refractivity contribution in [2.24, 2.45) is 5.16 Å². The molecule has 1 aliphatic rings. The van der Waals surface area contributed by atoms with Gasteiger partial charge in [0.15, 0.2) is 6.10 Å². The number of alkyl halides is 3. The van der Waals surface area contributed by atoms with E-state index in [2.05, 4.69) is 31.1 Å². The van der Waals surface area contributed by atoms with Gasteiger partial charge in [0.05, 0.1) is 10.5 Å². The van der Waals surface area contributed by atoms with E-state index in [4.69, 9.17) is 4.84 Å². The summed E-state index contributed by atoms with van der Waals surface area (Å²) in [5.41, 5.74) is 0.276. The van der Waals surface area contributed by atoms with Crippen LogP contribution in [0.25, 0.3) is 0 Å². The summed E-state index contributed by atoms with van der Waals surface area (Å²) in [6.07, 6.45) is -4.70. The number of anilines is 2. The quantitative estimate of drug-likeness (QED) is 0.662. The number of nitrogens with zero attached hydrogens (tertiary/aromatic N) is 1. The van der Waals surface area contributed by atoms with E-state index in [-0.39, 0.29) is 10.6 Å². The molecule has 0 saturated heterocycles. The van der Waals surface area contributed by atoms with Crippen LogP contribution in [0.2, 0.25) is 0 Å². The number of nitrogens with one attached hydrogen (secondary N) is 2. The van der Waals surface area contributed by atoms with Crippen molar-refractivity contribution in [1.29, 1.82) is 0 Å². The van der Waals surface area contributed by atoms with Gasteiger partial charge in [-0.25, -0.2) is 13.1 Å².